The van der Waals surface area contributed by atoms with Gasteiger partial charge in [0.15, 0.2) is 0 Å². The lowest BCUT2D eigenvalue weighted by atomic mass is 10.1. The summed E-state index contributed by atoms with van der Waals surface area (Å²) in [7, 11) is 0. The zero-order valence-electron chi connectivity index (χ0n) is 17.1. The number of nitro groups is 1. The van der Waals surface area contributed by atoms with Crippen LogP contribution >= 0.6 is 0 Å². The van der Waals surface area contributed by atoms with E-state index in [1.165, 1.54) is 36.4 Å². The lowest BCUT2D eigenvalue weighted by molar-refractivity contribution is -0.385. The molecule has 1 heterocycles. The lowest BCUT2D eigenvalue weighted by Crippen LogP contribution is -2.31. The summed E-state index contributed by atoms with van der Waals surface area (Å²) in [5.41, 5.74) is -0.567. The van der Waals surface area contributed by atoms with Crippen molar-refractivity contribution in [3.05, 3.63) is 79.7 Å². The van der Waals surface area contributed by atoms with Gasteiger partial charge in [-0.25, -0.2) is 9.59 Å². The second kappa shape index (κ2) is 8.78. The Morgan fingerprint density at radius 1 is 1.16 bits per heavy atom. The Labute approximate surface area is 176 Å². The number of carbonyl (C=O) groups excluding carboxylic acids is 2. The molecule has 1 aromatic heterocycles. The molecule has 3 aromatic rings. The highest BCUT2D eigenvalue weighted by Gasteiger charge is 2.18. The molecule has 9 heteroatoms. The Hall–Kier alpha value is -4.01. The van der Waals surface area contributed by atoms with E-state index in [2.05, 4.69) is 5.32 Å². The van der Waals surface area contributed by atoms with Crippen molar-refractivity contribution in [3.63, 3.8) is 0 Å². The van der Waals surface area contributed by atoms with Gasteiger partial charge in [-0.1, -0.05) is 19.9 Å². The maximum atomic E-state index is 12.4. The third-order valence-electron chi connectivity index (χ3n) is 4.48. The number of hydrogen-bond acceptors (Lipinski definition) is 7. The molecule has 0 unspecified atom stereocenters. The number of fused-ring (bicyclic) bond motifs is 1. The highest BCUT2D eigenvalue weighted by molar-refractivity contribution is 5.97. The molecule has 0 aliphatic carbocycles. The van der Waals surface area contributed by atoms with Crippen molar-refractivity contribution in [3.8, 4) is 5.75 Å². The van der Waals surface area contributed by atoms with Crippen molar-refractivity contribution in [2.24, 2.45) is 5.92 Å². The van der Waals surface area contributed by atoms with Crippen molar-refractivity contribution in [1.29, 1.82) is 0 Å². The maximum absolute atomic E-state index is 12.4. The predicted molar refractivity (Wildman–Crippen MR) is 112 cm³/mol. The highest BCUT2D eigenvalue weighted by Crippen LogP contribution is 2.23. The van der Waals surface area contributed by atoms with Gasteiger partial charge in [0.2, 0.25) is 0 Å². The molecule has 0 atom stereocenters. The van der Waals surface area contributed by atoms with E-state index in [0.717, 1.165) is 6.07 Å². The van der Waals surface area contributed by atoms with Gasteiger partial charge in [0.25, 0.3) is 11.6 Å². The average Bonchev–Trinajstić information content (AvgIpc) is 2.71. The Morgan fingerprint density at radius 3 is 2.58 bits per heavy atom. The van der Waals surface area contributed by atoms with E-state index >= 15 is 0 Å². The Balaban J connectivity index is 1.85. The van der Waals surface area contributed by atoms with Crippen molar-refractivity contribution >= 4 is 28.5 Å². The summed E-state index contributed by atoms with van der Waals surface area (Å²) in [5.74, 6) is -1.01. The van der Waals surface area contributed by atoms with Gasteiger partial charge in [-0.2, -0.15) is 0 Å². The largest absolute Gasteiger partial charge is 0.423 e. The molecule has 0 radical (unpaired) electrons. The van der Waals surface area contributed by atoms with Crippen LogP contribution in [0.25, 0.3) is 11.0 Å². The van der Waals surface area contributed by atoms with Crippen molar-refractivity contribution in [2.75, 3.05) is 6.54 Å². The number of aryl methyl sites for hydroxylation is 1. The minimum absolute atomic E-state index is 0.0102. The van der Waals surface area contributed by atoms with E-state index in [9.17, 15) is 24.5 Å². The average molecular weight is 424 g/mol. The molecular weight excluding hydrogens is 404 g/mol. The molecule has 0 aliphatic rings. The molecule has 9 nitrogen and oxygen atoms in total. The maximum Gasteiger partial charge on any atom is 0.349 e. The molecule has 0 saturated carbocycles. The highest BCUT2D eigenvalue weighted by atomic mass is 16.6. The fraction of sp³-hybridized carbons (Fsp3) is 0.227. The molecule has 2 aromatic carbocycles. The number of nitrogens with zero attached hydrogens (tertiary/aromatic N) is 1. The molecule has 0 saturated heterocycles. The first-order valence-corrected chi connectivity index (χ1v) is 9.49. The van der Waals surface area contributed by atoms with E-state index in [-0.39, 0.29) is 34.1 Å². The fourth-order valence-electron chi connectivity index (χ4n) is 2.80. The third-order valence-corrected chi connectivity index (χ3v) is 4.48. The van der Waals surface area contributed by atoms with E-state index in [1.807, 2.05) is 13.8 Å². The van der Waals surface area contributed by atoms with Crippen molar-refractivity contribution in [1.82, 2.24) is 5.32 Å². The molecule has 0 fully saturated rings. The number of carbonyl (C=O) groups is 2. The number of ether oxygens (including phenoxy) is 1. The molecule has 3 rings (SSSR count). The molecular formula is C22H20N2O7. The first-order valence-electron chi connectivity index (χ1n) is 9.49. The smallest absolute Gasteiger partial charge is 0.349 e. The molecule has 31 heavy (non-hydrogen) atoms. The summed E-state index contributed by atoms with van der Waals surface area (Å²) in [5, 5.41) is 14.2. The Morgan fingerprint density at radius 2 is 1.90 bits per heavy atom. The van der Waals surface area contributed by atoms with Gasteiger partial charge in [0, 0.05) is 29.6 Å². The van der Waals surface area contributed by atoms with E-state index in [1.54, 1.807) is 6.92 Å². The summed E-state index contributed by atoms with van der Waals surface area (Å²) in [6.45, 7) is 5.85. The summed E-state index contributed by atoms with van der Waals surface area (Å²) in [4.78, 5) is 47.3. The second-order valence-electron chi connectivity index (χ2n) is 7.40. The number of hydrogen-bond donors (Lipinski definition) is 1. The summed E-state index contributed by atoms with van der Waals surface area (Å²) in [6, 6.07) is 9.78. The zero-order valence-corrected chi connectivity index (χ0v) is 17.1. The van der Waals surface area contributed by atoms with Crippen LogP contribution in [0.5, 0.6) is 5.75 Å². The molecule has 0 aliphatic heterocycles. The van der Waals surface area contributed by atoms with Crippen LogP contribution in [0.15, 0.2) is 51.7 Å². The van der Waals surface area contributed by atoms with Gasteiger partial charge in [-0.15, -0.1) is 0 Å². The van der Waals surface area contributed by atoms with Crippen LogP contribution in [-0.4, -0.2) is 23.3 Å². The number of rotatable bonds is 6. The van der Waals surface area contributed by atoms with Gasteiger partial charge in [0.05, 0.1) is 10.5 Å². The van der Waals surface area contributed by atoms with E-state index in [0.29, 0.717) is 17.5 Å². The summed E-state index contributed by atoms with van der Waals surface area (Å²) in [6.07, 6.45) is 0. The van der Waals surface area contributed by atoms with Crippen LogP contribution in [0.4, 0.5) is 5.69 Å². The molecule has 160 valence electrons. The summed E-state index contributed by atoms with van der Waals surface area (Å²) >= 11 is 0. The first kappa shape index (κ1) is 21.7. The fourth-order valence-corrected chi connectivity index (χ4v) is 2.80. The van der Waals surface area contributed by atoms with Gasteiger partial charge < -0.3 is 14.5 Å². The van der Waals surface area contributed by atoms with Crippen LogP contribution in [0.2, 0.25) is 0 Å². The minimum atomic E-state index is -0.814. The van der Waals surface area contributed by atoms with Gasteiger partial charge >= 0.3 is 11.6 Å². The van der Waals surface area contributed by atoms with Gasteiger partial charge in [-0.3, -0.25) is 14.9 Å². The second-order valence-corrected chi connectivity index (χ2v) is 7.40. The Kier molecular flexibility index (Phi) is 6.15. The minimum Gasteiger partial charge on any atom is -0.423 e. The van der Waals surface area contributed by atoms with E-state index in [4.69, 9.17) is 9.15 Å². The third kappa shape index (κ3) is 4.95. The van der Waals surface area contributed by atoms with Crippen LogP contribution in [0, 0.1) is 23.0 Å². The monoisotopic (exact) mass is 424 g/mol. The van der Waals surface area contributed by atoms with Gasteiger partial charge in [-0.05, 0) is 37.1 Å². The summed E-state index contributed by atoms with van der Waals surface area (Å²) < 4.78 is 10.5. The molecule has 1 N–H and O–H groups in total. The SMILES string of the molecule is Cc1ccc(C(=O)Oc2ccc3cc(C(=O)NCC(C)C)c(=O)oc3c2)cc1[N+](=O)[O-]. The van der Waals surface area contributed by atoms with Crippen LogP contribution in [0.3, 0.4) is 0 Å². The number of benzene rings is 2. The van der Waals surface area contributed by atoms with Crippen LogP contribution < -0.4 is 15.7 Å². The van der Waals surface area contributed by atoms with Crippen molar-refractivity contribution in [2.45, 2.75) is 20.8 Å². The predicted octanol–water partition coefficient (Wildman–Crippen LogP) is 3.61. The standard InChI is InChI=1S/C22H20N2O7/c1-12(2)11-23-20(25)17-8-14-6-7-16(10-19(14)31-22(17)27)30-21(26)15-5-4-13(3)18(9-15)24(28)29/h4-10,12H,11H2,1-3H3,(H,23,25). The molecule has 0 bridgehead atoms. The number of nitro benzene ring substituents is 1. The normalized spacial score (nSPS) is 10.8. The first-order chi connectivity index (χ1) is 14.7. The van der Waals surface area contributed by atoms with Crippen LogP contribution in [-0.2, 0) is 0 Å². The number of nitrogens with one attached hydrogen (secondary N) is 1. The number of esters is 1. The van der Waals surface area contributed by atoms with Crippen LogP contribution in [0.1, 0.15) is 40.1 Å². The van der Waals surface area contributed by atoms with Gasteiger partial charge in [0.1, 0.15) is 16.9 Å². The molecule has 0 spiro atoms. The number of amides is 1. The van der Waals surface area contributed by atoms with Crippen molar-refractivity contribution < 1.29 is 23.7 Å². The Bertz CT molecular complexity index is 1240. The topological polar surface area (TPSA) is 129 Å². The zero-order chi connectivity index (χ0) is 22.7. The van der Waals surface area contributed by atoms with E-state index < -0.39 is 22.4 Å². The quantitative estimate of drug-likeness (QED) is 0.210. The lowest BCUT2D eigenvalue weighted by Gasteiger charge is -2.08. The molecule has 1 amide bonds.